The fraction of sp³-hybridized carbons (Fsp3) is 0.214. The minimum Gasteiger partial charge on any atom is -0.303 e. The van der Waals surface area contributed by atoms with E-state index in [-0.39, 0.29) is 5.92 Å². The molecule has 0 saturated heterocycles. The van der Waals surface area contributed by atoms with Crippen LogP contribution < -0.4 is 0 Å². The maximum absolute atomic E-state index is 11.0. The average Bonchev–Trinajstić information content (AvgIpc) is 2.85. The van der Waals surface area contributed by atoms with Gasteiger partial charge in [0.1, 0.15) is 6.29 Å². The predicted molar refractivity (Wildman–Crippen MR) is 67.9 cm³/mol. The molecular weight excluding hydrogens is 216 g/mol. The van der Waals surface area contributed by atoms with Crippen molar-refractivity contribution in [1.82, 2.24) is 0 Å². The van der Waals surface area contributed by atoms with Crippen molar-refractivity contribution in [2.24, 2.45) is 0 Å². The Morgan fingerprint density at radius 1 is 1.12 bits per heavy atom. The number of hydrogen-bond donors (Lipinski definition) is 0. The molecule has 0 radical (unpaired) electrons. The third kappa shape index (κ3) is 2.80. The van der Waals surface area contributed by atoms with Crippen LogP contribution in [0.1, 0.15) is 22.8 Å². The first-order valence-electron chi connectivity index (χ1n) is 5.43. The summed E-state index contributed by atoms with van der Waals surface area (Å²) in [6.07, 6.45) is 2.92. The fourth-order valence-electron chi connectivity index (χ4n) is 1.75. The Morgan fingerprint density at radius 3 is 2.56 bits per heavy atom. The first kappa shape index (κ1) is 11.1. The molecule has 0 aliphatic carbocycles. The summed E-state index contributed by atoms with van der Waals surface area (Å²) in [5, 5.41) is 2.02. The van der Waals surface area contributed by atoms with E-state index in [1.807, 2.05) is 35.7 Å². The molecule has 82 valence electrons. The largest absolute Gasteiger partial charge is 0.303 e. The molecule has 16 heavy (non-hydrogen) atoms. The molecule has 1 heterocycles. The van der Waals surface area contributed by atoms with Crippen LogP contribution in [0.2, 0.25) is 0 Å². The molecule has 2 heteroatoms. The van der Waals surface area contributed by atoms with E-state index in [1.165, 1.54) is 10.4 Å². The molecule has 0 fully saturated rings. The molecule has 0 spiro atoms. The zero-order valence-electron chi connectivity index (χ0n) is 9.00. The summed E-state index contributed by atoms with van der Waals surface area (Å²) in [5.74, 6) is 0.0557. The standard InChI is InChI=1S/C14H14OS/c15-11-13(14-7-4-10-16-14)9-8-12-5-2-1-3-6-12/h1-7,10-11,13H,8-9H2. The molecule has 2 aromatic rings. The predicted octanol–water partition coefficient (Wildman–Crippen LogP) is 3.66. The van der Waals surface area contributed by atoms with Crippen LogP contribution >= 0.6 is 11.3 Å². The number of thiophene rings is 1. The lowest BCUT2D eigenvalue weighted by Gasteiger charge is -2.07. The van der Waals surface area contributed by atoms with Crippen LogP contribution in [0, 0.1) is 0 Å². The number of hydrogen-bond acceptors (Lipinski definition) is 2. The molecule has 1 unspecified atom stereocenters. The normalized spacial score (nSPS) is 12.2. The molecule has 0 saturated carbocycles. The van der Waals surface area contributed by atoms with Gasteiger partial charge >= 0.3 is 0 Å². The molecule has 1 atom stereocenters. The van der Waals surface area contributed by atoms with Crippen LogP contribution in [0.5, 0.6) is 0 Å². The van der Waals surface area contributed by atoms with Gasteiger partial charge in [-0.15, -0.1) is 11.3 Å². The van der Waals surface area contributed by atoms with E-state index >= 15 is 0 Å². The smallest absolute Gasteiger partial charge is 0.128 e. The van der Waals surface area contributed by atoms with E-state index in [9.17, 15) is 4.79 Å². The van der Waals surface area contributed by atoms with Crippen LogP contribution in [-0.2, 0) is 11.2 Å². The van der Waals surface area contributed by atoms with Gasteiger partial charge in [-0.2, -0.15) is 0 Å². The molecule has 0 amide bonds. The van der Waals surface area contributed by atoms with E-state index in [1.54, 1.807) is 11.3 Å². The van der Waals surface area contributed by atoms with E-state index < -0.39 is 0 Å². The summed E-state index contributed by atoms with van der Waals surface area (Å²) in [7, 11) is 0. The van der Waals surface area contributed by atoms with Crippen LogP contribution in [0.15, 0.2) is 47.8 Å². The molecule has 0 aliphatic heterocycles. The third-order valence-electron chi connectivity index (χ3n) is 2.66. The molecule has 1 aromatic heterocycles. The van der Waals surface area contributed by atoms with Gasteiger partial charge in [-0.3, -0.25) is 0 Å². The Balaban J connectivity index is 1.96. The van der Waals surface area contributed by atoms with Gasteiger partial charge in [0.2, 0.25) is 0 Å². The first-order chi connectivity index (χ1) is 7.90. The Kier molecular flexibility index (Phi) is 3.89. The summed E-state index contributed by atoms with van der Waals surface area (Å²) in [5.41, 5.74) is 1.30. The van der Waals surface area contributed by atoms with Crippen LogP contribution in [0.4, 0.5) is 0 Å². The van der Waals surface area contributed by atoms with Gasteiger partial charge < -0.3 is 4.79 Å². The summed E-state index contributed by atoms with van der Waals surface area (Å²) in [6.45, 7) is 0. The van der Waals surface area contributed by atoms with Crippen molar-refractivity contribution in [3.05, 3.63) is 58.3 Å². The van der Waals surface area contributed by atoms with E-state index in [4.69, 9.17) is 0 Å². The highest BCUT2D eigenvalue weighted by Gasteiger charge is 2.10. The molecule has 1 aromatic carbocycles. The van der Waals surface area contributed by atoms with Crippen molar-refractivity contribution in [3.63, 3.8) is 0 Å². The van der Waals surface area contributed by atoms with Gasteiger partial charge in [-0.1, -0.05) is 36.4 Å². The lowest BCUT2D eigenvalue weighted by molar-refractivity contribution is -0.109. The van der Waals surface area contributed by atoms with Crippen molar-refractivity contribution in [3.8, 4) is 0 Å². The SMILES string of the molecule is O=CC(CCc1ccccc1)c1cccs1. The van der Waals surface area contributed by atoms with Gasteiger partial charge in [0.15, 0.2) is 0 Å². The van der Waals surface area contributed by atoms with Crippen molar-refractivity contribution in [2.75, 3.05) is 0 Å². The highest BCUT2D eigenvalue weighted by molar-refractivity contribution is 7.10. The van der Waals surface area contributed by atoms with Gasteiger partial charge in [0.25, 0.3) is 0 Å². The number of aryl methyl sites for hydroxylation is 1. The minimum atomic E-state index is 0.0557. The van der Waals surface area contributed by atoms with Gasteiger partial charge in [-0.05, 0) is 29.9 Å². The summed E-state index contributed by atoms with van der Waals surface area (Å²) in [4.78, 5) is 12.2. The fourth-order valence-corrected chi connectivity index (χ4v) is 2.57. The van der Waals surface area contributed by atoms with Crippen molar-refractivity contribution in [1.29, 1.82) is 0 Å². The maximum atomic E-state index is 11.0. The highest BCUT2D eigenvalue weighted by Crippen LogP contribution is 2.23. The van der Waals surface area contributed by atoms with Crippen molar-refractivity contribution >= 4 is 17.6 Å². The third-order valence-corrected chi connectivity index (χ3v) is 3.66. The molecular formula is C14H14OS. The molecule has 2 rings (SSSR count). The molecule has 0 bridgehead atoms. The summed E-state index contributed by atoms with van der Waals surface area (Å²) in [6, 6.07) is 14.3. The topological polar surface area (TPSA) is 17.1 Å². The van der Waals surface area contributed by atoms with Crippen LogP contribution in [-0.4, -0.2) is 6.29 Å². The maximum Gasteiger partial charge on any atom is 0.128 e. The Labute approximate surface area is 99.8 Å². The Bertz CT molecular complexity index is 419. The lowest BCUT2D eigenvalue weighted by Crippen LogP contribution is -2.00. The van der Waals surface area contributed by atoms with E-state index in [0.717, 1.165) is 19.1 Å². The number of benzene rings is 1. The average molecular weight is 230 g/mol. The number of aldehydes is 1. The zero-order chi connectivity index (χ0) is 11.2. The second-order valence-electron chi connectivity index (χ2n) is 3.78. The quantitative estimate of drug-likeness (QED) is 0.716. The highest BCUT2D eigenvalue weighted by atomic mass is 32.1. The van der Waals surface area contributed by atoms with Crippen molar-refractivity contribution < 1.29 is 4.79 Å². The summed E-state index contributed by atoms with van der Waals surface area (Å²) < 4.78 is 0. The van der Waals surface area contributed by atoms with E-state index in [0.29, 0.717) is 0 Å². The van der Waals surface area contributed by atoms with Gasteiger partial charge in [0.05, 0.1) is 0 Å². The zero-order valence-corrected chi connectivity index (χ0v) is 9.82. The monoisotopic (exact) mass is 230 g/mol. The summed E-state index contributed by atoms with van der Waals surface area (Å²) >= 11 is 1.66. The number of carbonyl (C=O) groups excluding carboxylic acids is 1. The first-order valence-corrected chi connectivity index (χ1v) is 6.31. The Hall–Kier alpha value is -1.41. The lowest BCUT2D eigenvalue weighted by atomic mass is 9.99. The van der Waals surface area contributed by atoms with Crippen LogP contribution in [0.3, 0.4) is 0 Å². The second kappa shape index (κ2) is 5.61. The molecule has 0 N–H and O–H groups in total. The number of carbonyl (C=O) groups is 1. The van der Waals surface area contributed by atoms with Gasteiger partial charge in [-0.25, -0.2) is 0 Å². The Morgan fingerprint density at radius 2 is 1.94 bits per heavy atom. The van der Waals surface area contributed by atoms with Crippen molar-refractivity contribution in [2.45, 2.75) is 18.8 Å². The molecule has 0 aliphatic rings. The van der Waals surface area contributed by atoms with Gasteiger partial charge in [0, 0.05) is 10.8 Å². The van der Waals surface area contributed by atoms with E-state index in [2.05, 4.69) is 12.1 Å². The minimum absolute atomic E-state index is 0.0557. The number of rotatable bonds is 5. The molecule has 1 nitrogen and oxygen atoms in total. The van der Waals surface area contributed by atoms with Crippen LogP contribution in [0.25, 0.3) is 0 Å². The second-order valence-corrected chi connectivity index (χ2v) is 4.76.